The fourth-order valence-electron chi connectivity index (χ4n) is 4.32. The highest BCUT2D eigenvalue weighted by Crippen LogP contribution is 2.33. The molecule has 5 heteroatoms. The summed E-state index contributed by atoms with van der Waals surface area (Å²) in [4.78, 5) is 16.5. The van der Waals surface area contributed by atoms with E-state index < -0.39 is 0 Å². The fraction of sp³-hybridized carbons (Fsp3) is 0.240. The van der Waals surface area contributed by atoms with E-state index in [4.69, 9.17) is 4.98 Å². The Morgan fingerprint density at radius 1 is 0.933 bits per heavy atom. The molecule has 30 heavy (non-hydrogen) atoms. The Hall–Kier alpha value is -3.31. The van der Waals surface area contributed by atoms with Gasteiger partial charge in [-0.05, 0) is 68.3 Å². The standard InChI is InChI=1S/C25H25N5/c1-18-7-2-13-24(27-18)29-25-14-4-11-22(28-25)23-12-6-16-30(23)17-19-8-3-10-21-20(19)9-5-15-26-21/h2-5,7-11,13-15,23H,6,12,16-17H2,1H3,(H,27,28,29)/t23-/m0/s1. The number of benzene rings is 1. The van der Waals surface area contributed by atoms with Crippen LogP contribution in [0.4, 0.5) is 11.6 Å². The fourth-order valence-corrected chi connectivity index (χ4v) is 4.32. The van der Waals surface area contributed by atoms with Gasteiger partial charge in [0, 0.05) is 23.8 Å². The van der Waals surface area contributed by atoms with Gasteiger partial charge in [-0.1, -0.05) is 30.3 Å². The molecule has 0 spiro atoms. The minimum atomic E-state index is 0.323. The summed E-state index contributed by atoms with van der Waals surface area (Å²) in [5.74, 6) is 1.66. The molecule has 1 aromatic carbocycles. The summed E-state index contributed by atoms with van der Waals surface area (Å²) in [7, 11) is 0. The van der Waals surface area contributed by atoms with Gasteiger partial charge in [0.1, 0.15) is 11.6 Å². The van der Waals surface area contributed by atoms with Crippen molar-refractivity contribution in [3.05, 3.63) is 89.9 Å². The van der Waals surface area contributed by atoms with Gasteiger partial charge in [0.25, 0.3) is 0 Å². The Morgan fingerprint density at radius 2 is 1.77 bits per heavy atom. The minimum absolute atomic E-state index is 0.323. The molecule has 1 fully saturated rings. The van der Waals surface area contributed by atoms with E-state index in [1.54, 1.807) is 0 Å². The molecule has 1 N–H and O–H groups in total. The monoisotopic (exact) mass is 395 g/mol. The highest BCUT2D eigenvalue weighted by Gasteiger charge is 2.27. The number of aromatic nitrogens is 3. The first-order valence-corrected chi connectivity index (χ1v) is 10.5. The van der Waals surface area contributed by atoms with Crippen molar-refractivity contribution in [1.29, 1.82) is 0 Å². The van der Waals surface area contributed by atoms with Crippen LogP contribution in [0.3, 0.4) is 0 Å². The van der Waals surface area contributed by atoms with Crippen LogP contribution in [0.5, 0.6) is 0 Å². The van der Waals surface area contributed by atoms with Crippen LogP contribution < -0.4 is 5.32 Å². The molecule has 0 amide bonds. The minimum Gasteiger partial charge on any atom is -0.325 e. The van der Waals surface area contributed by atoms with Gasteiger partial charge < -0.3 is 5.32 Å². The highest BCUT2D eigenvalue weighted by atomic mass is 15.2. The molecule has 1 atom stereocenters. The number of rotatable bonds is 5. The molecule has 0 unspecified atom stereocenters. The van der Waals surface area contributed by atoms with E-state index in [1.807, 2.05) is 43.5 Å². The van der Waals surface area contributed by atoms with Crippen molar-refractivity contribution in [3.8, 4) is 0 Å². The summed E-state index contributed by atoms with van der Waals surface area (Å²) in [6, 6.07) is 23.1. The van der Waals surface area contributed by atoms with Gasteiger partial charge in [0.2, 0.25) is 0 Å². The number of nitrogens with one attached hydrogen (secondary N) is 1. The molecule has 0 radical (unpaired) electrons. The zero-order valence-electron chi connectivity index (χ0n) is 17.1. The molecule has 1 aliphatic heterocycles. The molecule has 0 aliphatic carbocycles. The van der Waals surface area contributed by atoms with Gasteiger partial charge in [-0.2, -0.15) is 0 Å². The summed E-state index contributed by atoms with van der Waals surface area (Å²) >= 11 is 0. The molecule has 150 valence electrons. The highest BCUT2D eigenvalue weighted by molar-refractivity contribution is 5.81. The SMILES string of the molecule is Cc1cccc(Nc2cccc([C@@H]3CCCN3Cc3cccc4ncccc34)n2)n1. The smallest absolute Gasteiger partial charge is 0.131 e. The van der Waals surface area contributed by atoms with E-state index in [9.17, 15) is 0 Å². The third kappa shape index (κ3) is 3.89. The predicted octanol–water partition coefficient (Wildman–Crippen LogP) is 5.41. The summed E-state index contributed by atoms with van der Waals surface area (Å²) in [6.07, 6.45) is 4.17. The lowest BCUT2D eigenvalue weighted by Crippen LogP contribution is -2.23. The van der Waals surface area contributed by atoms with Gasteiger partial charge in [0.15, 0.2) is 0 Å². The number of likely N-dealkylation sites (tertiary alicyclic amines) is 1. The molecule has 5 nitrogen and oxygen atoms in total. The largest absolute Gasteiger partial charge is 0.325 e. The molecule has 1 saturated heterocycles. The number of hydrogen-bond donors (Lipinski definition) is 1. The van der Waals surface area contributed by atoms with E-state index >= 15 is 0 Å². The second kappa shape index (κ2) is 8.20. The average molecular weight is 396 g/mol. The maximum Gasteiger partial charge on any atom is 0.131 e. The van der Waals surface area contributed by atoms with E-state index in [0.29, 0.717) is 6.04 Å². The zero-order chi connectivity index (χ0) is 20.3. The molecular weight excluding hydrogens is 370 g/mol. The molecular formula is C25H25N5. The average Bonchev–Trinajstić information content (AvgIpc) is 3.22. The number of hydrogen-bond acceptors (Lipinski definition) is 5. The van der Waals surface area contributed by atoms with Crippen LogP contribution in [0.1, 0.15) is 35.8 Å². The van der Waals surface area contributed by atoms with E-state index in [0.717, 1.165) is 48.1 Å². The van der Waals surface area contributed by atoms with Crippen LogP contribution >= 0.6 is 0 Å². The van der Waals surface area contributed by atoms with Gasteiger partial charge in [-0.3, -0.25) is 9.88 Å². The first kappa shape index (κ1) is 18.7. The lowest BCUT2D eigenvalue weighted by molar-refractivity contribution is 0.245. The normalized spacial score (nSPS) is 16.8. The van der Waals surface area contributed by atoms with Crippen molar-refractivity contribution in [2.45, 2.75) is 32.4 Å². The van der Waals surface area contributed by atoms with E-state index in [2.05, 4.69) is 56.6 Å². The quantitative estimate of drug-likeness (QED) is 0.489. The van der Waals surface area contributed by atoms with Crippen molar-refractivity contribution in [1.82, 2.24) is 19.9 Å². The predicted molar refractivity (Wildman–Crippen MR) is 121 cm³/mol. The molecule has 0 bridgehead atoms. The van der Waals surface area contributed by atoms with E-state index in [1.165, 1.54) is 17.4 Å². The Morgan fingerprint density at radius 3 is 2.67 bits per heavy atom. The third-order valence-electron chi connectivity index (χ3n) is 5.73. The van der Waals surface area contributed by atoms with Crippen molar-refractivity contribution in [2.75, 3.05) is 11.9 Å². The molecule has 5 rings (SSSR count). The number of aryl methyl sites for hydroxylation is 1. The van der Waals surface area contributed by atoms with Gasteiger partial charge in [-0.15, -0.1) is 0 Å². The number of nitrogens with zero attached hydrogens (tertiary/aromatic N) is 4. The molecule has 4 aromatic rings. The summed E-state index contributed by atoms with van der Waals surface area (Å²) in [5, 5.41) is 4.58. The van der Waals surface area contributed by atoms with Gasteiger partial charge in [0.05, 0.1) is 17.3 Å². The van der Waals surface area contributed by atoms with Crippen LogP contribution in [-0.4, -0.2) is 26.4 Å². The topological polar surface area (TPSA) is 53.9 Å². The Labute approximate surface area is 176 Å². The van der Waals surface area contributed by atoms with Crippen LogP contribution in [0.2, 0.25) is 0 Å². The summed E-state index contributed by atoms with van der Waals surface area (Å²) in [5.41, 5.74) is 4.48. The molecule has 1 aliphatic rings. The first-order chi connectivity index (χ1) is 14.8. The van der Waals surface area contributed by atoms with Gasteiger partial charge >= 0.3 is 0 Å². The lowest BCUT2D eigenvalue weighted by atomic mass is 10.1. The van der Waals surface area contributed by atoms with Crippen LogP contribution in [0.15, 0.2) is 72.9 Å². The Kier molecular flexibility index (Phi) is 5.11. The Balaban J connectivity index is 1.38. The maximum atomic E-state index is 4.93. The van der Waals surface area contributed by atoms with E-state index in [-0.39, 0.29) is 0 Å². The summed E-state index contributed by atoms with van der Waals surface area (Å²) < 4.78 is 0. The van der Waals surface area contributed by atoms with Crippen LogP contribution in [0, 0.1) is 6.92 Å². The molecule has 4 heterocycles. The number of pyridine rings is 3. The lowest BCUT2D eigenvalue weighted by Gasteiger charge is -2.25. The first-order valence-electron chi connectivity index (χ1n) is 10.5. The number of fused-ring (bicyclic) bond motifs is 1. The van der Waals surface area contributed by atoms with Crippen molar-refractivity contribution in [2.24, 2.45) is 0 Å². The zero-order valence-corrected chi connectivity index (χ0v) is 17.1. The van der Waals surface area contributed by atoms with Crippen LogP contribution in [-0.2, 0) is 6.54 Å². The number of anilines is 2. The second-order valence-corrected chi connectivity index (χ2v) is 7.85. The van der Waals surface area contributed by atoms with Gasteiger partial charge in [-0.25, -0.2) is 9.97 Å². The maximum absolute atomic E-state index is 4.93. The third-order valence-corrected chi connectivity index (χ3v) is 5.73. The second-order valence-electron chi connectivity index (χ2n) is 7.85. The van der Waals surface area contributed by atoms with Crippen molar-refractivity contribution in [3.63, 3.8) is 0 Å². The van der Waals surface area contributed by atoms with Crippen LogP contribution in [0.25, 0.3) is 10.9 Å². The van der Waals surface area contributed by atoms with Crippen molar-refractivity contribution >= 4 is 22.5 Å². The Bertz CT molecular complexity index is 1170. The molecule has 3 aromatic heterocycles. The van der Waals surface area contributed by atoms with Crippen molar-refractivity contribution < 1.29 is 0 Å². The summed E-state index contributed by atoms with van der Waals surface area (Å²) in [6.45, 7) is 3.99. The molecule has 0 saturated carbocycles.